The summed E-state index contributed by atoms with van der Waals surface area (Å²) in [6.07, 6.45) is 0. The molecule has 1 fully saturated rings. The van der Waals surface area contributed by atoms with Crippen LogP contribution in [0.2, 0.25) is 0 Å². The van der Waals surface area contributed by atoms with Gasteiger partial charge >= 0.3 is 18.9 Å². The van der Waals surface area contributed by atoms with Crippen LogP contribution >= 0.6 is 0 Å². The van der Waals surface area contributed by atoms with Crippen molar-refractivity contribution in [2.24, 2.45) is 0 Å². The molecular weight excluding hydrogens is 110 g/mol. The Kier molecular flexibility index (Phi) is 4.48. The molecule has 0 amide bonds. The van der Waals surface area contributed by atoms with Gasteiger partial charge in [-0.1, -0.05) is 14.1 Å². The van der Waals surface area contributed by atoms with Gasteiger partial charge in [0.2, 0.25) is 0 Å². The zero-order chi connectivity index (χ0) is 5.28. The molecule has 0 saturated carbocycles. The first-order valence-corrected chi connectivity index (χ1v) is 3.58. The maximum atomic E-state index is 2.39. The molecule has 0 aromatic carbocycles. The summed E-state index contributed by atoms with van der Waals surface area (Å²) in [7, 11) is 4.36. The normalized spacial score (nSPS) is 23.2. The average molecular weight is 120 g/mol. The van der Waals surface area contributed by atoms with E-state index in [-0.39, 0.29) is 18.9 Å². The van der Waals surface area contributed by atoms with E-state index in [0.29, 0.717) is 15.7 Å². The van der Waals surface area contributed by atoms with Crippen LogP contribution in [0.4, 0.5) is 0 Å². The Balaban J connectivity index is 0.000000490. The van der Waals surface area contributed by atoms with Crippen molar-refractivity contribution in [3.05, 3.63) is 0 Å². The number of likely N-dealkylation sites (N-methyl/N-ethyl adjacent to an activating group) is 2. The maximum absolute atomic E-state index is 2.39. The van der Waals surface area contributed by atoms with Gasteiger partial charge in [0, 0.05) is 0 Å². The first kappa shape index (κ1) is 9.05. The molecule has 0 N–H and O–H groups in total. The molecule has 0 aromatic rings. The number of hydrogen-bond donors (Lipinski definition) is 0. The summed E-state index contributed by atoms with van der Waals surface area (Å²) in [5, 5.41) is 0. The summed E-state index contributed by atoms with van der Waals surface area (Å²) < 4.78 is 4.78. The quantitative estimate of drug-likeness (QED) is 0.305. The molecule has 0 unspecified atom stereocenters. The summed E-state index contributed by atoms with van der Waals surface area (Å²) in [6, 6.07) is 0. The summed E-state index contributed by atoms with van der Waals surface area (Å²) in [5.41, 5.74) is 0. The molecule has 0 aliphatic carbocycles. The Bertz CT molecular complexity index is 63.1. The van der Waals surface area contributed by atoms with Crippen LogP contribution in [0.3, 0.4) is 0 Å². The minimum Gasteiger partial charge on any atom is -0.557 e. The Morgan fingerprint density at radius 1 is 1.12 bits per heavy atom. The van der Waals surface area contributed by atoms with Crippen LogP contribution in [0.1, 0.15) is 0 Å². The standard InChI is InChI=1S/C4H10N2.Al.Li/c1-5-3-4-6-2;;/h3-4H2,1-2H3;;/q-2;2*+1. The van der Waals surface area contributed by atoms with Crippen molar-refractivity contribution in [3.63, 3.8) is 0 Å². The Morgan fingerprint density at radius 3 is 1.62 bits per heavy atom. The monoisotopic (exact) mass is 120 g/mol. The van der Waals surface area contributed by atoms with Gasteiger partial charge in [-0.25, -0.2) is 0 Å². The van der Waals surface area contributed by atoms with E-state index >= 15 is 0 Å². The molecule has 1 rings (SSSR count). The van der Waals surface area contributed by atoms with Gasteiger partial charge in [0.1, 0.15) is 0 Å². The van der Waals surface area contributed by atoms with E-state index in [1.54, 1.807) is 0 Å². The van der Waals surface area contributed by atoms with Crippen LogP contribution < -0.4 is 18.9 Å². The van der Waals surface area contributed by atoms with Gasteiger partial charge in [-0.2, -0.15) is 0 Å². The zero-order valence-corrected chi connectivity index (χ0v) is 7.04. The summed E-state index contributed by atoms with van der Waals surface area (Å²) in [5.74, 6) is 0. The third-order valence-corrected chi connectivity index (χ3v) is 2.50. The molecule has 1 saturated heterocycles. The smallest absolute Gasteiger partial charge is 0.557 e. The molecular formula is C4H10AlLiN2. The van der Waals surface area contributed by atoms with Crippen molar-refractivity contribution >= 4 is 15.7 Å². The fraction of sp³-hybridized carbons (Fsp3) is 1.00. The maximum Gasteiger partial charge on any atom is 1.00 e. The molecule has 0 spiro atoms. The van der Waals surface area contributed by atoms with Crippen molar-refractivity contribution in [3.8, 4) is 0 Å². The van der Waals surface area contributed by atoms with E-state index in [9.17, 15) is 0 Å². The van der Waals surface area contributed by atoms with Gasteiger partial charge < -0.3 is 7.77 Å². The molecule has 1 heterocycles. The summed E-state index contributed by atoms with van der Waals surface area (Å²) >= 11 is 0.491. The predicted molar refractivity (Wildman–Crippen MR) is 31.0 cm³/mol. The first-order chi connectivity index (χ1) is 3.29. The van der Waals surface area contributed by atoms with Gasteiger partial charge in [0.15, 0.2) is 0 Å². The van der Waals surface area contributed by atoms with E-state index < -0.39 is 0 Å². The molecule has 1 aliphatic rings. The number of hydrogen-bond acceptors (Lipinski definition) is 2. The zero-order valence-electron chi connectivity index (χ0n) is 5.89. The molecule has 2 nitrogen and oxygen atoms in total. The molecule has 0 atom stereocenters. The average Bonchev–Trinajstić information content (AvgIpc) is 1.87. The van der Waals surface area contributed by atoms with E-state index in [1.807, 2.05) is 0 Å². The minimum absolute atomic E-state index is 0. The summed E-state index contributed by atoms with van der Waals surface area (Å²) in [6.45, 7) is 2.54. The van der Waals surface area contributed by atoms with Crippen LogP contribution in [0.15, 0.2) is 0 Å². The topological polar surface area (TPSA) is 6.48 Å². The Morgan fingerprint density at radius 2 is 1.50 bits per heavy atom. The Labute approximate surface area is 69.5 Å². The third kappa shape index (κ3) is 2.55. The van der Waals surface area contributed by atoms with Gasteiger partial charge in [-0.3, -0.25) is 0 Å². The van der Waals surface area contributed by atoms with E-state index in [1.165, 1.54) is 13.1 Å². The van der Waals surface area contributed by atoms with Crippen molar-refractivity contribution < 1.29 is 18.9 Å². The van der Waals surface area contributed by atoms with E-state index in [0.717, 1.165) is 0 Å². The van der Waals surface area contributed by atoms with Crippen molar-refractivity contribution in [2.75, 3.05) is 27.2 Å². The molecule has 40 valence electrons. The van der Waals surface area contributed by atoms with Crippen LogP contribution in [-0.4, -0.2) is 50.6 Å². The second-order valence-corrected chi connectivity index (χ2v) is 4.07. The van der Waals surface area contributed by atoms with Gasteiger partial charge in [0.05, 0.1) is 0 Å². The van der Waals surface area contributed by atoms with E-state index in [2.05, 4.69) is 21.9 Å². The minimum atomic E-state index is 0. The SMILES string of the molecule is C[N]1CC[N](C)[Al-]1.[Li+]. The second-order valence-electron chi connectivity index (χ2n) is 2.08. The fourth-order valence-electron chi connectivity index (χ4n) is 0.767. The van der Waals surface area contributed by atoms with Gasteiger partial charge in [0.25, 0.3) is 0 Å². The van der Waals surface area contributed by atoms with E-state index in [4.69, 9.17) is 0 Å². The van der Waals surface area contributed by atoms with Crippen molar-refractivity contribution in [1.29, 1.82) is 0 Å². The Hall–Kier alpha value is 1.05. The van der Waals surface area contributed by atoms with Crippen LogP contribution in [-0.2, 0) is 0 Å². The van der Waals surface area contributed by atoms with Crippen LogP contribution in [0, 0.1) is 0 Å². The molecule has 2 radical (unpaired) electrons. The second kappa shape index (κ2) is 3.96. The van der Waals surface area contributed by atoms with Crippen molar-refractivity contribution in [1.82, 2.24) is 7.77 Å². The fourth-order valence-corrected chi connectivity index (χ4v) is 1.90. The largest absolute Gasteiger partial charge is 1.00 e. The number of nitrogens with zero attached hydrogens (tertiary/aromatic N) is 2. The predicted octanol–water partition coefficient (Wildman–Crippen LogP) is -3.60. The first-order valence-electron chi connectivity index (χ1n) is 2.54. The summed E-state index contributed by atoms with van der Waals surface area (Å²) in [4.78, 5) is 0. The molecule has 1 aliphatic heterocycles. The molecule has 4 heteroatoms. The molecule has 0 bridgehead atoms. The van der Waals surface area contributed by atoms with Crippen LogP contribution in [0.25, 0.3) is 0 Å². The molecule has 8 heavy (non-hydrogen) atoms. The van der Waals surface area contributed by atoms with Crippen molar-refractivity contribution in [2.45, 2.75) is 0 Å². The van der Waals surface area contributed by atoms with Gasteiger partial charge in [-0.05, 0) is 28.8 Å². The third-order valence-electron chi connectivity index (χ3n) is 1.20. The van der Waals surface area contributed by atoms with Crippen LogP contribution in [0.5, 0.6) is 0 Å². The number of rotatable bonds is 0. The molecule has 0 aromatic heterocycles. The van der Waals surface area contributed by atoms with Gasteiger partial charge in [-0.15, -0.1) is 0 Å².